The Labute approximate surface area is 79.4 Å². The predicted octanol–water partition coefficient (Wildman–Crippen LogP) is 1.91. The van der Waals surface area contributed by atoms with E-state index < -0.39 is 0 Å². The molecular weight excluding hydrogens is 160 g/mol. The van der Waals surface area contributed by atoms with Gasteiger partial charge in [-0.1, -0.05) is 31.0 Å². The van der Waals surface area contributed by atoms with Crippen molar-refractivity contribution in [3.8, 4) is 12.3 Å². The zero-order valence-corrected chi connectivity index (χ0v) is 7.96. The van der Waals surface area contributed by atoms with E-state index in [1.807, 2.05) is 32.0 Å². The van der Waals surface area contributed by atoms with E-state index in [4.69, 9.17) is 11.5 Å². The third-order valence-corrected chi connectivity index (χ3v) is 2.11. The first-order valence-corrected chi connectivity index (χ1v) is 4.20. The molecule has 67 valence electrons. The van der Waals surface area contributed by atoms with Crippen molar-refractivity contribution in [3.05, 3.63) is 40.8 Å². The summed E-state index contributed by atoms with van der Waals surface area (Å²) >= 11 is 0. The molecule has 0 saturated heterocycles. The Morgan fingerprint density at radius 3 is 2.77 bits per heavy atom. The van der Waals surface area contributed by atoms with Gasteiger partial charge in [0.05, 0.1) is 6.61 Å². The molecule has 0 heterocycles. The molecule has 1 radical (unpaired) electrons. The highest BCUT2D eigenvalue weighted by Gasteiger charge is 2.09. The molecule has 1 N–H and O–H groups in total. The van der Waals surface area contributed by atoms with Gasteiger partial charge in [-0.05, 0) is 18.1 Å². The van der Waals surface area contributed by atoms with Crippen LogP contribution in [0, 0.1) is 25.2 Å². The average molecular weight is 173 g/mol. The molecule has 0 spiro atoms. The van der Waals surface area contributed by atoms with Gasteiger partial charge >= 0.3 is 0 Å². The van der Waals surface area contributed by atoms with Gasteiger partial charge in [0, 0.05) is 11.5 Å². The number of aliphatic hydroxyl groups is 1. The maximum Gasteiger partial charge on any atom is 0.0535 e. The van der Waals surface area contributed by atoms with Gasteiger partial charge in [0.2, 0.25) is 0 Å². The number of hydrogen-bond donors (Lipinski definition) is 1. The Morgan fingerprint density at radius 2 is 2.23 bits per heavy atom. The van der Waals surface area contributed by atoms with Crippen molar-refractivity contribution in [1.82, 2.24) is 0 Å². The predicted molar refractivity (Wildman–Crippen MR) is 54.2 cm³/mol. The van der Waals surface area contributed by atoms with Gasteiger partial charge in [0.15, 0.2) is 0 Å². The summed E-state index contributed by atoms with van der Waals surface area (Å²) < 4.78 is 0. The molecule has 0 aliphatic rings. The normalized spacial score (nSPS) is 10.1. The highest BCUT2D eigenvalue weighted by Crippen LogP contribution is 2.20. The molecular formula is C12H13O. The summed E-state index contributed by atoms with van der Waals surface area (Å²) in [6, 6.07) is 5.86. The first-order valence-electron chi connectivity index (χ1n) is 4.20. The van der Waals surface area contributed by atoms with Crippen molar-refractivity contribution in [1.29, 1.82) is 0 Å². The molecule has 0 saturated carbocycles. The molecule has 0 atom stereocenters. The molecule has 1 aromatic carbocycles. The lowest BCUT2D eigenvalue weighted by atomic mass is 9.94. The number of aryl methyl sites for hydroxylation is 1. The van der Waals surface area contributed by atoms with Gasteiger partial charge in [0.25, 0.3) is 0 Å². The Kier molecular flexibility index (Phi) is 3.11. The lowest BCUT2D eigenvalue weighted by Crippen LogP contribution is -2.03. The SMILES string of the molecule is C#Cc1c(C)cccc1[C](C)CO. The first-order chi connectivity index (χ1) is 6.20. The van der Waals surface area contributed by atoms with Crippen LogP contribution in [0.2, 0.25) is 0 Å². The van der Waals surface area contributed by atoms with Gasteiger partial charge in [-0.2, -0.15) is 0 Å². The smallest absolute Gasteiger partial charge is 0.0535 e. The van der Waals surface area contributed by atoms with Crippen LogP contribution in [0.1, 0.15) is 23.6 Å². The van der Waals surface area contributed by atoms with Gasteiger partial charge in [-0.25, -0.2) is 0 Å². The first kappa shape index (κ1) is 9.83. The Hall–Kier alpha value is -1.26. The highest BCUT2D eigenvalue weighted by atomic mass is 16.3. The van der Waals surface area contributed by atoms with Crippen LogP contribution in [0.4, 0.5) is 0 Å². The molecule has 0 aliphatic carbocycles. The van der Waals surface area contributed by atoms with E-state index in [0.717, 1.165) is 22.6 Å². The fourth-order valence-electron chi connectivity index (χ4n) is 1.30. The van der Waals surface area contributed by atoms with Gasteiger partial charge in [-0.15, -0.1) is 6.42 Å². The van der Waals surface area contributed by atoms with Crippen LogP contribution in [0.15, 0.2) is 18.2 Å². The Morgan fingerprint density at radius 1 is 1.54 bits per heavy atom. The summed E-state index contributed by atoms with van der Waals surface area (Å²) in [7, 11) is 0. The summed E-state index contributed by atoms with van der Waals surface area (Å²) in [5, 5.41) is 8.99. The third-order valence-electron chi connectivity index (χ3n) is 2.11. The van der Waals surface area contributed by atoms with Crippen LogP contribution in [0.3, 0.4) is 0 Å². The molecule has 0 fully saturated rings. The number of rotatable bonds is 2. The van der Waals surface area contributed by atoms with Crippen LogP contribution in [0.5, 0.6) is 0 Å². The van der Waals surface area contributed by atoms with Crippen LogP contribution in [-0.2, 0) is 0 Å². The second-order valence-corrected chi connectivity index (χ2v) is 3.08. The van der Waals surface area contributed by atoms with Crippen LogP contribution < -0.4 is 0 Å². The minimum Gasteiger partial charge on any atom is -0.395 e. The Balaban J connectivity index is 3.22. The van der Waals surface area contributed by atoms with E-state index in [2.05, 4.69) is 5.92 Å². The molecule has 0 unspecified atom stereocenters. The van der Waals surface area contributed by atoms with Gasteiger partial charge in [0.1, 0.15) is 0 Å². The minimum atomic E-state index is 0.0537. The van der Waals surface area contributed by atoms with Crippen molar-refractivity contribution in [2.24, 2.45) is 0 Å². The molecule has 1 nitrogen and oxygen atoms in total. The molecule has 13 heavy (non-hydrogen) atoms. The molecule has 1 heteroatoms. The van der Waals surface area contributed by atoms with Crippen molar-refractivity contribution < 1.29 is 5.11 Å². The molecule has 0 amide bonds. The summed E-state index contributed by atoms with van der Waals surface area (Å²) in [5.41, 5.74) is 2.94. The maximum absolute atomic E-state index is 8.99. The fraction of sp³-hybridized carbons (Fsp3) is 0.250. The number of aliphatic hydroxyl groups excluding tert-OH is 1. The third kappa shape index (κ3) is 1.91. The molecule has 1 aromatic rings. The highest BCUT2D eigenvalue weighted by molar-refractivity contribution is 5.51. The molecule has 0 aliphatic heterocycles. The molecule has 1 rings (SSSR count). The second-order valence-electron chi connectivity index (χ2n) is 3.08. The quantitative estimate of drug-likeness (QED) is 0.677. The van der Waals surface area contributed by atoms with Gasteiger partial charge < -0.3 is 5.11 Å². The number of terminal acetylenes is 1. The Bertz CT molecular complexity index is 333. The van der Waals surface area contributed by atoms with Crippen LogP contribution in [0.25, 0.3) is 0 Å². The fourth-order valence-corrected chi connectivity index (χ4v) is 1.30. The van der Waals surface area contributed by atoms with E-state index in [0.29, 0.717) is 0 Å². The van der Waals surface area contributed by atoms with Crippen molar-refractivity contribution in [2.75, 3.05) is 6.61 Å². The zero-order valence-electron chi connectivity index (χ0n) is 7.96. The summed E-state index contributed by atoms with van der Waals surface area (Å²) in [6.07, 6.45) is 5.40. The number of benzene rings is 1. The summed E-state index contributed by atoms with van der Waals surface area (Å²) in [5.74, 6) is 3.56. The van der Waals surface area contributed by atoms with E-state index in [1.165, 1.54) is 0 Å². The minimum absolute atomic E-state index is 0.0537. The largest absolute Gasteiger partial charge is 0.395 e. The standard InChI is InChI=1S/C12H13O/c1-4-11-9(2)6-5-7-12(11)10(3)8-13/h1,5-7,13H,8H2,2-3H3. The molecule has 0 aromatic heterocycles. The van der Waals surface area contributed by atoms with E-state index >= 15 is 0 Å². The summed E-state index contributed by atoms with van der Waals surface area (Å²) in [4.78, 5) is 0. The topological polar surface area (TPSA) is 20.2 Å². The van der Waals surface area contributed by atoms with E-state index in [1.54, 1.807) is 0 Å². The lowest BCUT2D eigenvalue weighted by Gasteiger charge is -2.11. The lowest BCUT2D eigenvalue weighted by molar-refractivity contribution is 0.315. The summed E-state index contributed by atoms with van der Waals surface area (Å²) in [6.45, 7) is 3.91. The monoisotopic (exact) mass is 173 g/mol. The van der Waals surface area contributed by atoms with Crippen LogP contribution >= 0.6 is 0 Å². The van der Waals surface area contributed by atoms with E-state index in [-0.39, 0.29) is 6.61 Å². The average Bonchev–Trinajstić information content (AvgIpc) is 2.16. The van der Waals surface area contributed by atoms with Crippen LogP contribution in [-0.4, -0.2) is 11.7 Å². The second kappa shape index (κ2) is 4.11. The molecule has 0 bridgehead atoms. The maximum atomic E-state index is 8.99. The van der Waals surface area contributed by atoms with Crippen molar-refractivity contribution >= 4 is 0 Å². The zero-order chi connectivity index (χ0) is 9.84. The van der Waals surface area contributed by atoms with Gasteiger partial charge in [-0.3, -0.25) is 0 Å². The van der Waals surface area contributed by atoms with Crippen molar-refractivity contribution in [2.45, 2.75) is 13.8 Å². The van der Waals surface area contributed by atoms with Crippen molar-refractivity contribution in [3.63, 3.8) is 0 Å². The number of hydrogen-bond acceptors (Lipinski definition) is 1. The van der Waals surface area contributed by atoms with E-state index in [9.17, 15) is 0 Å².